The van der Waals surface area contributed by atoms with Gasteiger partial charge in [0.1, 0.15) is 18.3 Å². The van der Waals surface area contributed by atoms with Crippen molar-refractivity contribution in [1.82, 2.24) is 24.4 Å². The normalized spacial score (nSPS) is 23.9. The molecule has 5 atom stereocenters. The van der Waals surface area contributed by atoms with E-state index < -0.39 is 30.8 Å². The lowest BCUT2D eigenvalue weighted by atomic mass is 10.1. The zero-order chi connectivity index (χ0) is 23.0. The molecule has 32 heavy (non-hydrogen) atoms. The molecule has 4 N–H and O–H groups in total. The Hall–Kier alpha value is -2.10. The van der Waals surface area contributed by atoms with Crippen molar-refractivity contribution in [2.24, 2.45) is 0 Å². The predicted octanol–water partition coefficient (Wildman–Crippen LogP) is 0.722. The largest absolute Gasteiger partial charge is 0.387 e. The Morgan fingerprint density at radius 1 is 1.38 bits per heavy atom. The molecule has 170 valence electrons. The summed E-state index contributed by atoms with van der Waals surface area (Å²) in [4.78, 5) is 24.6. The SMILES string of the molecule is CN(C=O)C(O)C1OC(n2cnc3c(NCc4cccc(I)c4)nc(Cl)nc32)C(O)C1O. The molecule has 0 saturated carbocycles. The number of aliphatic hydroxyl groups excluding tert-OH is 3. The summed E-state index contributed by atoms with van der Waals surface area (Å²) in [6.45, 7) is 0.472. The first kappa shape index (κ1) is 23.1. The second-order valence-electron chi connectivity index (χ2n) is 7.31. The van der Waals surface area contributed by atoms with Crippen LogP contribution in [0.5, 0.6) is 0 Å². The van der Waals surface area contributed by atoms with E-state index in [0.717, 1.165) is 14.0 Å². The molecular weight excluding hydrogens is 555 g/mol. The molecule has 0 aliphatic carbocycles. The molecule has 1 aliphatic rings. The van der Waals surface area contributed by atoms with E-state index in [1.807, 2.05) is 24.3 Å². The van der Waals surface area contributed by atoms with Crippen molar-refractivity contribution in [1.29, 1.82) is 0 Å². The van der Waals surface area contributed by atoms with E-state index in [2.05, 4.69) is 42.9 Å². The van der Waals surface area contributed by atoms with Crippen LogP contribution in [0.2, 0.25) is 5.28 Å². The third kappa shape index (κ3) is 4.38. The monoisotopic (exact) mass is 574 g/mol. The molecule has 11 nitrogen and oxygen atoms in total. The van der Waals surface area contributed by atoms with Gasteiger partial charge in [0, 0.05) is 17.2 Å². The average molecular weight is 575 g/mol. The number of aliphatic hydroxyl groups is 3. The number of hydrogen-bond donors (Lipinski definition) is 4. The van der Waals surface area contributed by atoms with Crippen LogP contribution < -0.4 is 5.32 Å². The predicted molar refractivity (Wildman–Crippen MR) is 123 cm³/mol. The number of aromatic nitrogens is 4. The highest BCUT2D eigenvalue weighted by Gasteiger charge is 2.48. The van der Waals surface area contributed by atoms with E-state index in [1.165, 1.54) is 17.9 Å². The Kier molecular flexibility index (Phi) is 6.78. The third-order valence-electron chi connectivity index (χ3n) is 5.17. The zero-order valence-electron chi connectivity index (χ0n) is 16.7. The van der Waals surface area contributed by atoms with Crippen LogP contribution in [0.25, 0.3) is 11.2 Å². The second kappa shape index (κ2) is 9.41. The van der Waals surface area contributed by atoms with E-state index >= 15 is 0 Å². The topological polar surface area (TPSA) is 146 Å². The molecule has 0 spiro atoms. The van der Waals surface area contributed by atoms with Gasteiger partial charge in [0.05, 0.1) is 6.33 Å². The number of ether oxygens (including phenoxy) is 1. The fraction of sp³-hybridized carbons (Fsp3) is 0.368. The van der Waals surface area contributed by atoms with Crippen molar-refractivity contribution < 1.29 is 24.9 Å². The Labute approximate surface area is 201 Å². The van der Waals surface area contributed by atoms with Crippen molar-refractivity contribution in [2.75, 3.05) is 12.4 Å². The number of amides is 1. The summed E-state index contributed by atoms with van der Waals surface area (Å²) in [6, 6.07) is 7.94. The maximum atomic E-state index is 10.9. The van der Waals surface area contributed by atoms with Crippen LogP contribution >= 0.6 is 34.2 Å². The number of hydrogen-bond acceptors (Lipinski definition) is 9. The summed E-state index contributed by atoms with van der Waals surface area (Å²) in [6.07, 6.45) is -4.91. The van der Waals surface area contributed by atoms with Crippen molar-refractivity contribution in [3.8, 4) is 0 Å². The molecular formula is C19H20ClIN6O5. The number of carbonyl (C=O) groups excluding carboxylic acids is 1. The zero-order valence-corrected chi connectivity index (χ0v) is 19.6. The third-order valence-corrected chi connectivity index (χ3v) is 6.01. The number of nitrogens with one attached hydrogen (secondary N) is 1. The molecule has 13 heteroatoms. The average Bonchev–Trinajstić information content (AvgIpc) is 3.32. The number of halogens is 2. The van der Waals surface area contributed by atoms with Crippen LogP contribution in [0.4, 0.5) is 5.82 Å². The number of carbonyl (C=O) groups is 1. The van der Waals surface area contributed by atoms with Crippen LogP contribution in [0.3, 0.4) is 0 Å². The van der Waals surface area contributed by atoms with E-state index in [0.29, 0.717) is 24.3 Å². The molecule has 3 heterocycles. The Bertz CT molecular complexity index is 1130. The smallest absolute Gasteiger partial charge is 0.226 e. The van der Waals surface area contributed by atoms with Crippen LogP contribution in [-0.4, -0.2) is 77.7 Å². The number of imidazole rings is 1. The number of anilines is 1. The van der Waals surface area contributed by atoms with E-state index in [-0.39, 0.29) is 10.9 Å². The molecule has 1 aliphatic heterocycles. The molecule has 1 fully saturated rings. The van der Waals surface area contributed by atoms with Gasteiger partial charge in [0.25, 0.3) is 0 Å². The van der Waals surface area contributed by atoms with Gasteiger partial charge in [-0.1, -0.05) is 12.1 Å². The lowest BCUT2D eigenvalue weighted by Gasteiger charge is -2.26. The van der Waals surface area contributed by atoms with Crippen LogP contribution in [-0.2, 0) is 16.1 Å². The summed E-state index contributed by atoms with van der Waals surface area (Å²) < 4.78 is 8.19. The maximum absolute atomic E-state index is 10.9. The molecule has 3 aromatic rings. The lowest BCUT2D eigenvalue weighted by molar-refractivity contribution is -0.149. The van der Waals surface area contributed by atoms with Crippen LogP contribution in [0.1, 0.15) is 11.8 Å². The number of nitrogens with zero attached hydrogens (tertiary/aromatic N) is 5. The molecule has 0 bridgehead atoms. The van der Waals surface area contributed by atoms with E-state index in [1.54, 1.807) is 0 Å². The molecule has 2 aromatic heterocycles. The minimum absolute atomic E-state index is 0.0466. The standard InChI is InChI=1S/C19H20ClIN6O5/c1-26(8-28)17(31)14-12(29)13(30)18(32-14)27-7-23-11-15(24-19(20)25-16(11)27)22-6-9-3-2-4-10(21)5-9/h2-5,7-8,12-14,17-18,29-31H,6H2,1H3,(H,22,24,25). The van der Waals surface area contributed by atoms with Crippen molar-refractivity contribution in [3.63, 3.8) is 0 Å². The highest BCUT2D eigenvalue weighted by Crippen LogP contribution is 2.34. The van der Waals surface area contributed by atoms with Gasteiger partial charge in [-0.25, -0.2) is 4.98 Å². The number of rotatable bonds is 7. The van der Waals surface area contributed by atoms with Gasteiger partial charge in [-0.15, -0.1) is 0 Å². The Balaban J connectivity index is 1.62. The van der Waals surface area contributed by atoms with Gasteiger partial charge in [0.15, 0.2) is 29.4 Å². The van der Waals surface area contributed by atoms with E-state index in [9.17, 15) is 20.1 Å². The number of likely N-dealkylation sites (N-methyl/N-ethyl adjacent to an activating group) is 1. The molecule has 1 aromatic carbocycles. The van der Waals surface area contributed by atoms with Crippen molar-refractivity contribution in [3.05, 3.63) is 45.0 Å². The summed E-state index contributed by atoms with van der Waals surface area (Å²) in [5.74, 6) is 0.392. The minimum atomic E-state index is -1.46. The fourth-order valence-corrected chi connectivity index (χ4v) is 4.26. The summed E-state index contributed by atoms with van der Waals surface area (Å²) in [7, 11) is 1.33. The van der Waals surface area contributed by atoms with Gasteiger partial charge in [-0.2, -0.15) is 9.97 Å². The highest BCUT2D eigenvalue weighted by molar-refractivity contribution is 14.1. The molecule has 5 unspecified atom stereocenters. The molecule has 1 amide bonds. The van der Waals surface area contributed by atoms with Crippen molar-refractivity contribution >= 4 is 57.6 Å². The van der Waals surface area contributed by atoms with Gasteiger partial charge in [-0.3, -0.25) is 9.36 Å². The summed E-state index contributed by atoms with van der Waals surface area (Å²) in [5, 5.41) is 34.3. The first-order chi connectivity index (χ1) is 15.3. The quantitative estimate of drug-likeness (QED) is 0.139. The van der Waals surface area contributed by atoms with E-state index in [4.69, 9.17) is 16.3 Å². The minimum Gasteiger partial charge on any atom is -0.387 e. The summed E-state index contributed by atoms with van der Waals surface area (Å²) >= 11 is 8.36. The molecule has 4 rings (SSSR count). The van der Waals surface area contributed by atoms with Crippen molar-refractivity contribution in [2.45, 2.75) is 37.3 Å². The highest BCUT2D eigenvalue weighted by atomic mass is 127. The van der Waals surface area contributed by atoms with Crippen LogP contribution in [0.15, 0.2) is 30.6 Å². The number of benzene rings is 1. The Morgan fingerprint density at radius 2 is 2.16 bits per heavy atom. The first-order valence-corrected chi connectivity index (χ1v) is 11.0. The maximum Gasteiger partial charge on any atom is 0.226 e. The molecule has 0 radical (unpaired) electrons. The van der Waals surface area contributed by atoms with Gasteiger partial charge in [0.2, 0.25) is 11.7 Å². The fourth-order valence-electron chi connectivity index (χ4n) is 3.49. The summed E-state index contributed by atoms with van der Waals surface area (Å²) in [5.41, 5.74) is 1.69. The second-order valence-corrected chi connectivity index (χ2v) is 8.89. The van der Waals surface area contributed by atoms with Gasteiger partial charge >= 0.3 is 0 Å². The Morgan fingerprint density at radius 3 is 2.88 bits per heavy atom. The first-order valence-electron chi connectivity index (χ1n) is 9.55. The van der Waals surface area contributed by atoms with Crippen LogP contribution in [0, 0.1) is 3.57 Å². The van der Waals surface area contributed by atoms with Gasteiger partial charge < -0.3 is 30.3 Å². The van der Waals surface area contributed by atoms with Gasteiger partial charge in [-0.05, 0) is 51.9 Å². The lowest BCUT2D eigenvalue weighted by Crippen LogP contribution is -2.46. The molecule has 1 saturated heterocycles. The number of fused-ring (bicyclic) bond motifs is 1.